The van der Waals surface area contributed by atoms with E-state index in [1.807, 2.05) is 0 Å². The van der Waals surface area contributed by atoms with Crippen molar-refractivity contribution in [2.45, 2.75) is 90.9 Å². The van der Waals surface area contributed by atoms with Crippen molar-refractivity contribution >= 4 is 17.0 Å². The lowest BCUT2D eigenvalue weighted by molar-refractivity contribution is 0.258. The summed E-state index contributed by atoms with van der Waals surface area (Å²) < 4.78 is 0. The molecule has 1 aliphatic rings. The summed E-state index contributed by atoms with van der Waals surface area (Å²) in [6, 6.07) is 0. The third-order valence-electron chi connectivity index (χ3n) is 4.45. The van der Waals surface area contributed by atoms with Gasteiger partial charge in [0.25, 0.3) is 0 Å². The van der Waals surface area contributed by atoms with E-state index in [2.05, 4.69) is 36.0 Å². The molecule has 0 aromatic rings. The Morgan fingerprint density at radius 3 is 1.50 bits per heavy atom. The summed E-state index contributed by atoms with van der Waals surface area (Å²) in [4.78, 5) is 4.92. The van der Waals surface area contributed by atoms with Crippen LogP contribution in [-0.4, -0.2) is 29.6 Å². The van der Waals surface area contributed by atoms with Crippen molar-refractivity contribution in [2.75, 3.05) is 19.8 Å². The van der Waals surface area contributed by atoms with E-state index in [4.69, 9.17) is 0 Å². The molecule has 1 aliphatic heterocycles. The molecule has 0 saturated heterocycles. The first-order chi connectivity index (χ1) is 10.4. The number of hydrogen-bond donors (Lipinski definition) is 0. The third-order valence-corrected chi connectivity index (χ3v) is 4.45. The van der Waals surface area contributed by atoms with Crippen LogP contribution in [0, 0.1) is 0 Å². The minimum Gasteiger partial charge on any atom is -0.359 e. The lowest BCUT2D eigenvalue weighted by atomic mass is 10.1. The van der Waals surface area contributed by atoms with Crippen LogP contribution in [-0.2, 0) is 0 Å². The molecule has 0 aromatic carbocycles. The summed E-state index contributed by atoms with van der Waals surface area (Å²) in [5.41, 5.74) is 0. The monoisotopic (exact) mass is 374 g/mol. The predicted octanol–water partition coefficient (Wildman–Crippen LogP) is 6.33. The molecule has 2 nitrogen and oxygen atoms in total. The lowest BCUT2D eigenvalue weighted by Crippen LogP contribution is -2.26. The molecule has 0 bridgehead atoms. The fraction of sp³-hybridized carbons (Fsp3) is 0.895. The fourth-order valence-corrected chi connectivity index (χ4v) is 2.97. The van der Waals surface area contributed by atoms with Gasteiger partial charge >= 0.3 is 0 Å². The molecule has 0 spiro atoms. The van der Waals surface area contributed by atoms with E-state index in [1.54, 1.807) is 0 Å². The zero-order valence-corrected chi connectivity index (χ0v) is 16.8. The van der Waals surface area contributed by atoms with Crippen LogP contribution in [0.15, 0.2) is 12.4 Å². The molecule has 0 N–H and O–H groups in total. The Morgan fingerprint density at radius 1 is 0.591 bits per heavy atom. The maximum absolute atomic E-state index is 2.47. The Labute approximate surface area is 150 Å². The highest BCUT2D eigenvalue weighted by molar-refractivity contribution is 8.93. The summed E-state index contributed by atoms with van der Waals surface area (Å²) in [5, 5.41) is 0. The van der Waals surface area contributed by atoms with Gasteiger partial charge in [0.15, 0.2) is 0 Å². The Bertz CT molecular complexity index is 256. The maximum Gasteiger partial charge on any atom is 0.0893 e. The van der Waals surface area contributed by atoms with Gasteiger partial charge in [-0.2, -0.15) is 0 Å². The molecule has 0 unspecified atom stereocenters. The topological polar surface area (TPSA) is 6.48 Å². The van der Waals surface area contributed by atoms with Crippen LogP contribution in [0.2, 0.25) is 0 Å². The molecular formula is C19H39BrN2. The standard InChI is InChI=1S/C19H38N2.BrH/c1-3-5-7-8-9-10-11-12-13-14-16-21-18-17-20(19-21)15-6-4-2;/h17-18H,3-16,19H2,1-2H3;1H. The molecule has 0 amide bonds. The molecule has 132 valence electrons. The van der Waals surface area contributed by atoms with Gasteiger partial charge in [0.05, 0.1) is 6.67 Å². The second kappa shape index (κ2) is 15.7. The van der Waals surface area contributed by atoms with Gasteiger partial charge in [-0.3, -0.25) is 0 Å². The van der Waals surface area contributed by atoms with Gasteiger partial charge in [0.2, 0.25) is 0 Å². The Balaban J connectivity index is 0.00000441. The van der Waals surface area contributed by atoms with Crippen LogP contribution in [0.25, 0.3) is 0 Å². The van der Waals surface area contributed by atoms with Crippen LogP contribution in [0.1, 0.15) is 90.9 Å². The largest absolute Gasteiger partial charge is 0.359 e. The van der Waals surface area contributed by atoms with Crippen molar-refractivity contribution in [1.82, 2.24) is 9.80 Å². The summed E-state index contributed by atoms with van der Waals surface area (Å²) >= 11 is 0. The fourth-order valence-electron chi connectivity index (χ4n) is 2.97. The molecule has 22 heavy (non-hydrogen) atoms. The van der Waals surface area contributed by atoms with Gasteiger partial charge < -0.3 is 9.80 Å². The Morgan fingerprint density at radius 2 is 1.00 bits per heavy atom. The van der Waals surface area contributed by atoms with Crippen LogP contribution in [0.3, 0.4) is 0 Å². The highest BCUT2D eigenvalue weighted by Gasteiger charge is 2.10. The second-order valence-corrected chi connectivity index (χ2v) is 6.60. The van der Waals surface area contributed by atoms with Gasteiger partial charge in [0.1, 0.15) is 0 Å². The highest BCUT2D eigenvalue weighted by Crippen LogP contribution is 2.12. The molecule has 0 radical (unpaired) electrons. The molecular weight excluding hydrogens is 336 g/mol. The molecule has 1 heterocycles. The van der Waals surface area contributed by atoms with Crippen LogP contribution in [0.4, 0.5) is 0 Å². The molecule has 0 aliphatic carbocycles. The smallest absolute Gasteiger partial charge is 0.0893 e. The van der Waals surface area contributed by atoms with Gasteiger partial charge in [-0.1, -0.05) is 78.1 Å². The number of rotatable bonds is 14. The number of nitrogens with zero attached hydrogens (tertiary/aromatic N) is 2. The van der Waals surface area contributed by atoms with Crippen LogP contribution < -0.4 is 0 Å². The summed E-state index contributed by atoms with van der Waals surface area (Å²) in [6.07, 6.45) is 21.4. The summed E-state index contributed by atoms with van der Waals surface area (Å²) in [7, 11) is 0. The average molecular weight is 375 g/mol. The number of halogens is 1. The SMILES string of the molecule is Br.CCCCCCCCCCCCN1C=CN(CCCC)C1. The van der Waals surface area contributed by atoms with E-state index < -0.39 is 0 Å². The Hall–Kier alpha value is -0.180. The van der Waals surface area contributed by atoms with Gasteiger partial charge in [-0.25, -0.2) is 0 Å². The van der Waals surface area contributed by atoms with Crippen LogP contribution in [0.5, 0.6) is 0 Å². The van der Waals surface area contributed by atoms with E-state index in [-0.39, 0.29) is 17.0 Å². The molecule has 0 saturated carbocycles. The molecule has 1 rings (SSSR count). The van der Waals surface area contributed by atoms with Gasteiger partial charge in [0, 0.05) is 25.5 Å². The first kappa shape index (κ1) is 21.8. The minimum atomic E-state index is 0. The van der Waals surface area contributed by atoms with E-state index in [9.17, 15) is 0 Å². The normalized spacial score (nSPS) is 13.7. The van der Waals surface area contributed by atoms with E-state index in [1.165, 1.54) is 90.1 Å². The first-order valence-electron chi connectivity index (χ1n) is 9.53. The van der Waals surface area contributed by atoms with Gasteiger partial charge in [-0.15, -0.1) is 17.0 Å². The molecule has 0 atom stereocenters. The third kappa shape index (κ3) is 11.4. The average Bonchev–Trinajstić information content (AvgIpc) is 2.95. The summed E-state index contributed by atoms with van der Waals surface area (Å²) in [6.45, 7) is 8.15. The molecule has 3 heteroatoms. The van der Waals surface area contributed by atoms with Crippen LogP contribution >= 0.6 is 17.0 Å². The highest BCUT2D eigenvalue weighted by atomic mass is 79.9. The zero-order valence-electron chi connectivity index (χ0n) is 15.1. The predicted molar refractivity (Wildman–Crippen MR) is 104 cm³/mol. The zero-order chi connectivity index (χ0) is 15.2. The quantitative estimate of drug-likeness (QED) is 0.327. The Kier molecular flexibility index (Phi) is 15.6. The lowest BCUT2D eigenvalue weighted by Gasteiger charge is -2.21. The molecule has 0 fully saturated rings. The van der Waals surface area contributed by atoms with Crippen molar-refractivity contribution in [3.8, 4) is 0 Å². The van der Waals surface area contributed by atoms with Crippen molar-refractivity contribution < 1.29 is 0 Å². The van der Waals surface area contributed by atoms with Crippen molar-refractivity contribution in [3.63, 3.8) is 0 Å². The van der Waals surface area contributed by atoms with Crippen molar-refractivity contribution in [1.29, 1.82) is 0 Å². The van der Waals surface area contributed by atoms with Crippen molar-refractivity contribution in [3.05, 3.63) is 12.4 Å². The van der Waals surface area contributed by atoms with Crippen molar-refractivity contribution in [2.24, 2.45) is 0 Å². The molecule has 0 aromatic heterocycles. The van der Waals surface area contributed by atoms with E-state index >= 15 is 0 Å². The first-order valence-corrected chi connectivity index (χ1v) is 9.53. The second-order valence-electron chi connectivity index (χ2n) is 6.60. The minimum absolute atomic E-state index is 0. The summed E-state index contributed by atoms with van der Waals surface area (Å²) in [5.74, 6) is 0. The van der Waals surface area contributed by atoms with E-state index in [0.29, 0.717) is 0 Å². The number of hydrogen-bond acceptors (Lipinski definition) is 2. The van der Waals surface area contributed by atoms with E-state index in [0.717, 1.165) is 6.67 Å². The maximum atomic E-state index is 2.47. The number of unbranched alkanes of at least 4 members (excludes halogenated alkanes) is 10. The van der Waals surface area contributed by atoms with Gasteiger partial charge in [-0.05, 0) is 12.8 Å².